The molecule has 0 aromatic carbocycles. The van der Waals surface area contributed by atoms with Crippen molar-refractivity contribution in [3.05, 3.63) is 0 Å². The molecule has 1 atom stereocenters. The van der Waals surface area contributed by atoms with Gasteiger partial charge in [0.15, 0.2) is 0 Å². The van der Waals surface area contributed by atoms with Crippen LogP contribution in [0.5, 0.6) is 0 Å². The van der Waals surface area contributed by atoms with Crippen LogP contribution in [-0.4, -0.2) is 12.3 Å². The van der Waals surface area contributed by atoms with Crippen LogP contribution in [0.2, 0.25) is 0 Å². The van der Waals surface area contributed by atoms with Crippen LogP contribution in [0.4, 0.5) is 0 Å². The maximum Gasteiger partial charge on any atom is 0.0621 e. The van der Waals surface area contributed by atoms with Gasteiger partial charge in [0.2, 0.25) is 0 Å². The monoisotopic (exact) mass is 249 g/mol. The maximum absolute atomic E-state index is 4.18. The molecule has 100 valence electrons. The van der Waals surface area contributed by atoms with Gasteiger partial charge in [-0.3, -0.25) is 0 Å². The van der Waals surface area contributed by atoms with Gasteiger partial charge in [-0.25, -0.2) is 0 Å². The highest BCUT2D eigenvalue weighted by Gasteiger charge is 2.17. The highest BCUT2D eigenvalue weighted by molar-refractivity contribution is 5.85. The molecule has 0 N–H and O–H groups in total. The second kappa shape index (κ2) is 8.06. The zero-order valence-corrected chi connectivity index (χ0v) is 11.1. The Morgan fingerprint density at radius 3 is 2.61 bits per heavy atom. The van der Waals surface area contributed by atoms with E-state index in [2.05, 4.69) is 25.9 Å². The lowest BCUT2D eigenvalue weighted by Crippen LogP contribution is -2.15. The minimum atomic E-state index is 0.762. The summed E-state index contributed by atoms with van der Waals surface area (Å²) in [5, 5.41) is 19.2. The van der Waals surface area contributed by atoms with Gasteiger partial charge in [-0.05, 0) is 53.7 Å². The minimum Gasteiger partial charge on any atom is -0.167 e. The first-order chi connectivity index (χ1) is 8.95. The third-order valence-electron chi connectivity index (χ3n) is 3.80. The number of rotatable bonds is 0. The lowest BCUT2D eigenvalue weighted by atomic mass is 9.84. The smallest absolute Gasteiger partial charge is 0.0621 e. The fourth-order valence-electron chi connectivity index (χ4n) is 2.79. The Labute approximate surface area is 109 Å². The van der Waals surface area contributed by atoms with E-state index in [4.69, 9.17) is 0 Å². The molecule has 1 fully saturated rings. The topological polar surface area (TPSA) is 61.8 Å². The SMILES string of the molecule is C1CCCN=NN=NN=C2CCCC(CCC1)C2. The van der Waals surface area contributed by atoms with Gasteiger partial charge in [0.1, 0.15) is 0 Å². The van der Waals surface area contributed by atoms with Crippen LogP contribution in [-0.2, 0) is 0 Å². The Morgan fingerprint density at radius 1 is 0.778 bits per heavy atom. The van der Waals surface area contributed by atoms with E-state index >= 15 is 0 Å². The van der Waals surface area contributed by atoms with Crippen LogP contribution in [0.1, 0.15) is 64.2 Å². The fraction of sp³-hybridized carbons (Fsp3) is 0.923. The van der Waals surface area contributed by atoms with E-state index in [0.717, 1.165) is 31.7 Å². The van der Waals surface area contributed by atoms with Gasteiger partial charge in [0, 0.05) is 5.71 Å². The second-order valence-corrected chi connectivity index (χ2v) is 5.32. The molecule has 5 nitrogen and oxygen atoms in total. The van der Waals surface area contributed by atoms with E-state index in [1.807, 2.05) is 0 Å². The summed E-state index contributed by atoms with van der Waals surface area (Å²) in [6.07, 6.45) is 12.5. The van der Waals surface area contributed by atoms with Crippen LogP contribution < -0.4 is 0 Å². The van der Waals surface area contributed by atoms with Crippen LogP contribution in [0.3, 0.4) is 0 Å². The van der Waals surface area contributed by atoms with Crippen molar-refractivity contribution in [3.63, 3.8) is 0 Å². The van der Waals surface area contributed by atoms with Crippen molar-refractivity contribution >= 4 is 5.71 Å². The molecule has 1 aliphatic heterocycles. The first-order valence-corrected chi connectivity index (χ1v) is 7.27. The van der Waals surface area contributed by atoms with Gasteiger partial charge in [-0.2, -0.15) is 5.11 Å². The molecule has 0 amide bonds. The Bertz CT molecular complexity index is 321. The zero-order valence-electron chi connectivity index (χ0n) is 11.1. The van der Waals surface area contributed by atoms with Gasteiger partial charge >= 0.3 is 0 Å². The number of fused-ring (bicyclic) bond motifs is 2. The molecule has 1 aliphatic carbocycles. The minimum absolute atomic E-state index is 0.762. The quantitative estimate of drug-likeness (QED) is 0.597. The third-order valence-corrected chi connectivity index (χ3v) is 3.80. The van der Waals surface area contributed by atoms with Gasteiger partial charge < -0.3 is 0 Å². The van der Waals surface area contributed by atoms with E-state index in [1.54, 1.807) is 0 Å². The Hall–Kier alpha value is -1.13. The molecule has 18 heavy (non-hydrogen) atoms. The highest BCUT2D eigenvalue weighted by Crippen LogP contribution is 2.27. The average molecular weight is 249 g/mol. The zero-order chi connectivity index (χ0) is 12.5. The molecule has 0 aromatic rings. The summed E-state index contributed by atoms with van der Waals surface area (Å²) in [4.78, 5) is 0. The van der Waals surface area contributed by atoms with Crippen molar-refractivity contribution in [2.45, 2.75) is 64.2 Å². The summed E-state index contributed by atoms with van der Waals surface area (Å²) in [6, 6.07) is 0. The predicted octanol–water partition coefficient (Wildman–Crippen LogP) is 4.71. The van der Waals surface area contributed by atoms with Gasteiger partial charge in [-0.15, -0.1) is 5.10 Å². The summed E-state index contributed by atoms with van der Waals surface area (Å²) in [7, 11) is 0. The Balaban J connectivity index is 1.91. The molecule has 2 aliphatic rings. The molecule has 1 saturated carbocycles. The first kappa shape index (κ1) is 13.3. The van der Waals surface area contributed by atoms with Crippen molar-refractivity contribution in [2.24, 2.45) is 31.8 Å². The van der Waals surface area contributed by atoms with Crippen LogP contribution in [0.25, 0.3) is 0 Å². The van der Waals surface area contributed by atoms with Crippen molar-refractivity contribution in [2.75, 3.05) is 6.54 Å². The van der Waals surface area contributed by atoms with E-state index in [-0.39, 0.29) is 0 Å². The lowest BCUT2D eigenvalue weighted by molar-refractivity contribution is 0.406. The fourth-order valence-corrected chi connectivity index (χ4v) is 2.79. The van der Waals surface area contributed by atoms with Gasteiger partial charge in [-0.1, -0.05) is 32.1 Å². The van der Waals surface area contributed by atoms with E-state index in [0.29, 0.717) is 0 Å². The van der Waals surface area contributed by atoms with Crippen LogP contribution in [0, 0.1) is 5.92 Å². The Kier molecular flexibility index (Phi) is 5.96. The normalized spacial score (nSPS) is 27.1. The van der Waals surface area contributed by atoms with E-state index in [1.165, 1.54) is 50.7 Å². The molecular formula is C13H23N5. The van der Waals surface area contributed by atoms with Gasteiger partial charge in [0.25, 0.3) is 0 Å². The third kappa shape index (κ3) is 5.02. The predicted molar refractivity (Wildman–Crippen MR) is 71.7 cm³/mol. The first-order valence-electron chi connectivity index (χ1n) is 7.27. The number of hydrogen-bond donors (Lipinski definition) is 0. The van der Waals surface area contributed by atoms with E-state index < -0.39 is 0 Å². The van der Waals surface area contributed by atoms with Gasteiger partial charge in [0.05, 0.1) is 6.54 Å². The molecule has 5 heteroatoms. The Morgan fingerprint density at radius 2 is 1.61 bits per heavy atom. The highest BCUT2D eigenvalue weighted by atomic mass is 15.5. The van der Waals surface area contributed by atoms with Crippen molar-refractivity contribution < 1.29 is 0 Å². The lowest BCUT2D eigenvalue weighted by Gasteiger charge is -2.22. The van der Waals surface area contributed by atoms with Crippen molar-refractivity contribution in [1.29, 1.82) is 0 Å². The maximum atomic E-state index is 4.18. The molecule has 2 rings (SSSR count). The summed E-state index contributed by atoms with van der Waals surface area (Å²) in [5.74, 6) is 0.819. The second-order valence-electron chi connectivity index (χ2n) is 5.32. The molecule has 2 bridgehead atoms. The van der Waals surface area contributed by atoms with Crippen LogP contribution in [0.15, 0.2) is 25.9 Å². The van der Waals surface area contributed by atoms with Crippen LogP contribution >= 0.6 is 0 Å². The summed E-state index contributed by atoms with van der Waals surface area (Å²) in [6.45, 7) is 0.762. The molecule has 1 heterocycles. The average Bonchev–Trinajstić information content (AvgIpc) is 2.40. The molecule has 0 saturated heterocycles. The largest absolute Gasteiger partial charge is 0.167 e. The van der Waals surface area contributed by atoms with Crippen molar-refractivity contribution in [1.82, 2.24) is 0 Å². The standard InChI is InChI=1S/C13H23N5/c1-2-4-7-12-8-6-9-13(11-12)15-17-18-16-14-10-5-3-1/h12H,1-11H2. The summed E-state index contributed by atoms with van der Waals surface area (Å²) >= 11 is 0. The summed E-state index contributed by atoms with van der Waals surface area (Å²) < 4.78 is 0. The molecular weight excluding hydrogens is 226 g/mol. The molecule has 1 unspecified atom stereocenters. The summed E-state index contributed by atoms with van der Waals surface area (Å²) in [5.41, 5.74) is 1.19. The van der Waals surface area contributed by atoms with E-state index in [9.17, 15) is 0 Å². The van der Waals surface area contributed by atoms with Crippen molar-refractivity contribution in [3.8, 4) is 0 Å². The number of nitrogens with zero attached hydrogens (tertiary/aromatic N) is 5. The number of hydrogen-bond acceptors (Lipinski definition) is 5. The molecule has 0 spiro atoms. The molecule has 0 aromatic heterocycles. The molecule has 0 radical (unpaired) electrons.